The molecule has 0 radical (unpaired) electrons. The van der Waals surface area contributed by atoms with E-state index in [1.807, 2.05) is 0 Å². The van der Waals surface area contributed by atoms with Crippen LogP contribution in [0.25, 0.3) is 5.57 Å². The predicted octanol–water partition coefficient (Wildman–Crippen LogP) is 3.21. The standard InChI is InChI=1S/C10H9F2NO2/c1-5(2)7-4-8(11)10(13(14)15)9(12)6(7)3/h4H,1H2,2-3H3. The van der Waals surface area contributed by atoms with E-state index >= 15 is 0 Å². The van der Waals surface area contributed by atoms with Crippen LogP contribution in [0.5, 0.6) is 0 Å². The zero-order valence-electron chi connectivity index (χ0n) is 8.30. The molecule has 80 valence electrons. The Morgan fingerprint density at radius 3 is 2.47 bits per heavy atom. The van der Waals surface area contributed by atoms with Crippen LogP contribution in [0.15, 0.2) is 12.6 Å². The predicted molar refractivity (Wildman–Crippen MR) is 52.5 cm³/mol. The molecule has 0 amide bonds. The maximum Gasteiger partial charge on any atom is 0.340 e. The monoisotopic (exact) mass is 213 g/mol. The van der Waals surface area contributed by atoms with Crippen molar-refractivity contribution in [3.63, 3.8) is 0 Å². The van der Waals surface area contributed by atoms with Crippen molar-refractivity contribution < 1.29 is 13.7 Å². The quantitative estimate of drug-likeness (QED) is 0.559. The van der Waals surface area contributed by atoms with Crippen LogP contribution in [-0.4, -0.2) is 4.92 Å². The van der Waals surface area contributed by atoms with E-state index in [1.54, 1.807) is 6.92 Å². The Morgan fingerprint density at radius 1 is 1.53 bits per heavy atom. The van der Waals surface area contributed by atoms with Gasteiger partial charge in [0.05, 0.1) is 4.92 Å². The molecule has 0 atom stereocenters. The second-order valence-electron chi connectivity index (χ2n) is 3.23. The molecule has 0 spiro atoms. The van der Waals surface area contributed by atoms with E-state index < -0.39 is 22.2 Å². The summed E-state index contributed by atoms with van der Waals surface area (Å²) in [5.74, 6) is -2.32. The first-order valence-corrected chi connectivity index (χ1v) is 4.15. The minimum absolute atomic E-state index is 0.0376. The molecule has 0 bridgehead atoms. The number of allylic oxidation sites excluding steroid dienone is 1. The van der Waals surface area contributed by atoms with Crippen LogP contribution in [0.4, 0.5) is 14.5 Å². The van der Waals surface area contributed by atoms with Crippen molar-refractivity contribution in [2.75, 3.05) is 0 Å². The average molecular weight is 213 g/mol. The van der Waals surface area contributed by atoms with Crippen LogP contribution < -0.4 is 0 Å². The Kier molecular flexibility index (Phi) is 2.83. The molecule has 0 aliphatic rings. The van der Waals surface area contributed by atoms with Gasteiger partial charge >= 0.3 is 5.69 Å². The topological polar surface area (TPSA) is 43.1 Å². The van der Waals surface area contributed by atoms with Gasteiger partial charge in [0.1, 0.15) is 0 Å². The molecule has 0 saturated carbocycles. The van der Waals surface area contributed by atoms with Crippen molar-refractivity contribution in [1.29, 1.82) is 0 Å². The molecule has 5 heteroatoms. The molecule has 15 heavy (non-hydrogen) atoms. The third-order valence-corrected chi connectivity index (χ3v) is 2.08. The lowest BCUT2D eigenvalue weighted by atomic mass is 10.0. The number of hydrogen-bond donors (Lipinski definition) is 0. The van der Waals surface area contributed by atoms with E-state index in [-0.39, 0.29) is 11.1 Å². The van der Waals surface area contributed by atoms with E-state index in [4.69, 9.17) is 0 Å². The van der Waals surface area contributed by atoms with Crippen LogP contribution in [0.2, 0.25) is 0 Å². The fraction of sp³-hybridized carbons (Fsp3) is 0.200. The Bertz CT molecular complexity index is 455. The lowest BCUT2D eigenvalue weighted by Gasteiger charge is -2.07. The van der Waals surface area contributed by atoms with Crippen LogP contribution in [0.1, 0.15) is 18.1 Å². The molecular formula is C10H9F2NO2. The van der Waals surface area contributed by atoms with Gasteiger partial charge in [0.25, 0.3) is 0 Å². The van der Waals surface area contributed by atoms with Crippen molar-refractivity contribution in [1.82, 2.24) is 0 Å². The molecule has 1 aromatic rings. The van der Waals surface area contributed by atoms with E-state index in [1.165, 1.54) is 6.92 Å². The SMILES string of the molecule is C=C(C)c1cc(F)c([N+](=O)[O-])c(F)c1C. The molecule has 3 nitrogen and oxygen atoms in total. The van der Waals surface area contributed by atoms with Crippen molar-refractivity contribution in [3.8, 4) is 0 Å². The van der Waals surface area contributed by atoms with Gasteiger partial charge in [0.15, 0.2) is 0 Å². The molecule has 0 aromatic heterocycles. The molecule has 0 fully saturated rings. The van der Waals surface area contributed by atoms with Gasteiger partial charge in [0, 0.05) is 0 Å². The highest BCUT2D eigenvalue weighted by Gasteiger charge is 2.25. The van der Waals surface area contributed by atoms with Gasteiger partial charge in [-0.2, -0.15) is 8.78 Å². The molecule has 0 aliphatic carbocycles. The summed E-state index contributed by atoms with van der Waals surface area (Å²) in [6.07, 6.45) is 0. The number of hydrogen-bond acceptors (Lipinski definition) is 2. The zero-order valence-corrected chi connectivity index (χ0v) is 8.30. The number of halogens is 2. The first kappa shape index (κ1) is 11.3. The van der Waals surface area contributed by atoms with Gasteiger partial charge in [-0.3, -0.25) is 10.1 Å². The normalized spacial score (nSPS) is 10.1. The third kappa shape index (κ3) is 1.86. The highest BCUT2D eigenvalue weighted by atomic mass is 19.1. The molecule has 0 heterocycles. The summed E-state index contributed by atoms with van der Waals surface area (Å²) < 4.78 is 26.6. The van der Waals surface area contributed by atoms with Crippen molar-refractivity contribution in [2.45, 2.75) is 13.8 Å². The summed E-state index contributed by atoms with van der Waals surface area (Å²) in [4.78, 5) is 9.31. The average Bonchev–Trinajstić information content (AvgIpc) is 2.10. The van der Waals surface area contributed by atoms with Crippen molar-refractivity contribution in [3.05, 3.63) is 45.5 Å². The van der Waals surface area contributed by atoms with Gasteiger partial charge in [-0.15, -0.1) is 0 Å². The van der Waals surface area contributed by atoms with Gasteiger partial charge in [-0.1, -0.05) is 12.2 Å². The summed E-state index contributed by atoms with van der Waals surface area (Å²) in [7, 11) is 0. The lowest BCUT2D eigenvalue weighted by Crippen LogP contribution is -2.01. The van der Waals surface area contributed by atoms with Crippen molar-refractivity contribution in [2.24, 2.45) is 0 Å². The van der Waals surface area contributed by atoms with Gasteiger partial charge < -0.3 is 0 Å². The number of benzene rings is 1. The van der Waals surface area contributed by atoms with Gasteiger partial charge in [0.2, 0.25) is 11.6 Å². The maximum atomic E-state index is 13.4. The highest BCUT2D eigenvalue weighted by Crippen LogP contribution is 2.29. The van der Waals surface area contributed by atoms with Crippen LogP contribution in [0.3, 0.4) is 0 Å². The fourth-order valence-corrected chi connectivity index (χ4v) is 1.31. The zero-order chi connectivity index (χ0) is 11.7. The summed E-state index contributed by atoms with van der Waals surface area (Å²) in [6.45, 7) is 6.47. The summed E-state index contributed by atoms with van der Waals surface area (Å²) in [5.41, 5.74) is -0.358. The van der Waals surface area contributed by atoms with Crippen molar-refractivity contribution >= 4 is 11.3 Å². The summed E-state index contributed by atoms with van der Waals surface area (Å²) >= 11 is 0. The number of nitrogens with zero attached hydrogens (tertiary/aromatic N) is 1. The molecule has 0 N–H and O–H groups in total. The van der Waals surface area contributed by atoms with Gasteiger partial charge in [-0.25, -0.2) is 0 Å². The summed E-state index contributed by atoms with van der Waals surface area (Å²) in [5, 5.41) is 10.4. The minimum atomic E-state index is -1.18. The Labute approximate surface area is 85.2 Å². The number of rotatable bonds is 2. The second kappa shape index (κ2) is 3.76. The summed E-state index contributed by atoms with van der Waals surface area (Å²) in [6, 6.07) is 0.929. The van der Waals surface area contributed by atoms with Gasteiger partial charge in [-0.05, 0) is 31.0 Å². The minimum Gasteiger partial charge on any atom is -0.258 e. The maximum absolute atomic E-state index is 13.4. The van der Waals surface area contributed by atoms with E-state index in [2.05, 4.69) is 6.58 Å². The highest BCUT2D eigenvalue weighted by molar-refractivity contribution is 5.66. The smallest absolute Gasteiger partial charge is 0.258 e. The molecule has 0 saturated heterocycles. The first-order chi connectivity index (χ1) is 6.86. The Hall–Kier alpha value is -1.78. The number of nitro groups is 1. The first-order valence-electron chi connectivity index (χ1n) is 4.15. The molecule has 1 rings (SSSR count). The molecular weight excluding hydrogens is 204 g/mol. The lowest BCUT2D eigenvalue weighted by molar-refractivity contribution is -0.390. The Balaban J connectivity index is 3.58. The van der Waals surface area contributed by atoms with Crippen LogP contribution >= 0.6 is 0 Å². The molecule has 1 aromatic carbocycles. The number of nitro benzene ring substituents is 1. The fourth-order valence-electron chi connectivity index (χ4n) is 1.31. The van der Waals surface area contributed by atoms with E-state index in [9.17, 15) is 18.9 Å². The largest absolute Gasteiger partial charge is 0.340 e. The van der Waals surface area contributed by atoms with E-state index in [0.717, 1.165) is 6.07 Å². The third-order valence-electron chi connectivity index (χ3n) is 2.08. The van der Waals surface area contributed by atoms with Crippen LogP contribution in [0, 0.1) is 28.7 Å². The molecule has 0 unspecified atom stereocenters. The van der Waals surface area contributed by atoms with Crippen LogP contribution in [-0.2, 0) is 0 Å². The molecule has 0 aliphatic heterocycles. The Morgan fingerprint density at radius 2 is 2.07 bits per heavy atom. The van der Waals surface area contributed by atoms with E-state index in [0.29, 0.717) is 5.57 Å². The second-order valence-corrected chi connectivity index (χ2v) is 3.23.